The van der Waals surface area contributed by atoms with E-state index in [1.807, 2.05) is 0 Å². The topological polar surface area (TPSA) is 101 Å². The molecule has 1 amide bonds. The number of nitrogens with one attached hydrogen (secondary N) is 2. The third kappa shape index (κ3) is 2.99. The highest BCUT2D eigenvalue weighted by Gasteiger charge is 2.24. The standard InChI is InChI=1S/C18H16N2O5/c1-24-13-8-7-10(9-14(13)25-2)19-18(23)16(21)15-11-5-3-4-6-12(11)20-17(15)22/h3-9,20,22H,1-2H3,(H,19,23). The van der Waals surface area contributed by atoms with Crippen molar-refractivity contribution in [3.63, 3.8) is 0 Å². The lowest BCUT2D eigenvalue weighted by Crippen LogP contribution is -2.22. The fraction of sp³-hybridized carbons (Fsp3) is 0.111. The van der Waals surface area contributed by atoms with Crippen LogP contribution in [-0.2, 0) is 4.79 Å². The molecule has 0 aliphatic carbocycles. The van der Waals surface area contributed by atoms with Gasteiger partial charge in [-0.25, -0.2) is 0 Å². The van der Waals surface area contributed by atoms with Gasteiger partial charge < -0.3 is 24.9 Å². The number of methoxy groups -OCH3 is 2. The number of rotatable bonds is 5. The first-order chi connectivity index (χ1) is 12.0. The van der Waals surface area contributed by atoms with Crippen molar-refractivity contribution in [3.05, 3.63) is 48.0 Å². The van der Waals surface area contributed by atoms with E-state index in [1.165, 1.54) is 14.2 Å². The van der Waals surface area contributed by atoms with Crippen LogP contribution in [0.3, 0.4) is 0 Å². The molecule has 3 aromatic rings. The van der Waals surface area contributed by atoms with E-state index in [0.717, 1.165) is 0 Å². The minimum atomic E-state index is -0.868. The molecule has 7 nitrogen and oxygen atoms in total. The summed E-state index contributed by atoms with van der Waals surface area (Å²) in [5.41, 5.74) is 0.881. The molecule has 0 spiro atoms. The lowest BCUT2D eigenvalue weighted by molar-refractivity contribution is -0.112. The molecule has 0 atom stereocenters. The molecule has 0 unspecified atom stereocenters. The first-order valence-corrected chi connectivity index (χ1v) is 7.42. The number of benzene rings is 2. The molecule has 0 saturated carbocycles. The second-order valence-electron chi connectivity index (χ2n) is 5.25. The average Bonchev–Trinajstić information content (AvgIpc) is 2.96. The van der Waals surface area contributed by atoms with Crippen molar-refractivity contribution in [1.29, 1.82) is 0 Å². The van der Waals surface area contributed by atoms with Crippen LogP contribution in [0, 0.1) is 0 Å². The van der Waals surface area contributed by atoms with Gasteiger partial charge in [0.2, 0.25) is 5.88 Å². The van der Waals surface area contributed by atoms with E-state index in [4.69, 9.17) is 9.47 Å². The van der Waals surface area contributed by atoms with Gasteiger partial charge in [-0.3, -0.25) is 9.59 Å². The van der Waals surface area contributed by atoms with E-state index in [0.29, 0.717) is 28.1 Å². The summed E-state index contributed by atoms with van der Waals surface area (Å²) in [5, 5.41) is 13.0. The molecule has 0 radical (unpaired) electrons. The number of hydrogen-bond donors (Lipinski definition) is 3. The fourth-order valence-electron chi connectivity index (χ4n) is 2.57. The van der Waals surface area contributed by atoms with Crippen LogP contribution in [0.4, 0.5) is 5.69 Å². The van der Waals surface area contributed by atoms with Gasteiger partial charge in [0.15, 0.2) is 11.5 Å². The number of carbonyl (C=O) groups is 2. The van der Waals surface area contributed by atoms with E-state index in [-0.39, 0.29) is 11.4 Å². The predicted octanol–water partition coefficient (Wildman–Crippen LogP) is 2.71. The fourth-order valence-corrected chi connectivity index (χ4v) is 2.57. The number of fused-ring (bicyclic) bond motifs is 1. The summed E-state index contributed by atoms with van der Waals surface area (Å²) in [6, 6.07) is 11.6. The maximum Gasteiger partial charge on any atom is 0.297 e. The number of para-hydroxylation sites is 1. The number of aromatic nitrogens is 1. The molecule has 0 bridgehead atoms. The van der Waals surface area contributed by atoms with E-state index >= 15 is 0 Å². The van der Waals surface area contributed by atoms with Crippen molar-refractivity contribution >= 4 is 28.3 Å². The highest BCUT2D eigenvalue weighted by atomic mass is 16.5. The predicted molar refractivity (Wildman–Crippen MR) is 92.5 cm³/mol. The molecule has 7 heteroatoms. The maximum absolute atomic E-state index is 12.5. The Morgan fingerprint density at radius 1 is 1.04 bits per heavy atom. The molecule has 0 fully saturated rings. The Balaban J connectivity index is 1.88. The zero-order chi connectivity index (χ0) is 18.0. The number of aromatic amines is 1. The first kappa shape index (κ1) is 16.4. The maximum atomic E-state index is 12.5. The van der Waals surface area contributed by atoms with Gasteiger partial charge in [-0.15, -0.1) is 0 Å². The summed E-state index contributed by atoms with van der Waals surface area (Å²) in [4.78, 5) is 27.5. The molecule has 1 heterocycles. The Hall–Kier alpha value is -3.48. The summed E-state index contributed by atoms with van der Waals surface area (Å²) in [7, 11) is 2.97. The van der Waals surface area contributed by atoms with Crippen molar-refractivity contribution in [2.24, 2.45) is 0 Å². The number of ketones is 1. The number of H-pyrrole nitrogens is 1. The van der Waals surface area contributed by atoms with Crippen LogP contribution in [0.25, 0.3) is 10.9 Å². The zero-order valence-corrected chi connectivity index (χ0v) is 13.6. The smallest absolute Gasteiger partial charge is 0.297 e. The van der Waals surface area contributed by atoms with Crippen LogP contribution in [0.2, 0.25) is 0 Å². The zero-order valence-electron chi connectivity index (χ0n) is 13.6. The van der Waals surface area contributed by atoms with E-state index in [2.05, 4.69) is 10.3 Å². The Kier molecular flexibility index (Phi) is 4.30. The number of ether oxygens (including phenoxy) is 2. The van der Waals surface area contributed by atoms with E-state index in [1.54, 1.807) is 42.5 Å². The summed E-state index contributed by atoms with van der Waals surface area (Å²) < 4.78 is 10.3. The second kappa shape index (κ2) is 6.56. The van der Waals surface area contributed by atoms with Crippen molar-refractivity contribution in [2.45, 2.75) is 0 Å². The Labute approximate surface area is 143 Å². The summed E-state index contributed by atoms with van der Waals surface area (Å²) in [6.07, 6.45) is 0. The Bertz CT molecular complexity index is 961. The van der Waals surface area contributed by atoms with Crippen LogP contribution >= 0.6 is 0 Å². The minimum absolute atomic E-state index is 0.0615. The van der Waals surface area contributed by atoms with Crippen LogP contribution in [0.15, 0.2) is 42.5 Å². The molecule has 3 rings (SSSR count). The van der Waals surface area contributed by atoms with Gasteiger partial charge in [-0.1, -0.05) is 18.2 Å². The van der Waals surface area contributed by atoms with Crippen molar-refractivity contribution in [2.75, 3.05) is 19.5 Å². The molecule has 1 aromatic heterocycles. The molecule has 0 aliphatic heterocycles. The average molecular weight is 340 g/mol. The summed E-state index contributed by atoms with van der Waals surface area (Å²) in [5.74, 6) is -1.13. The third-order valence-corrected chi connectivity index (χ3v) is 3.76. The van der Waals surface area contributed by atoms with Crippen molar-refractivity contribution < 1.29 is 24.2 Å². The third-order valence-electron chi connectivity index (χ3n) is 3.76. The number of Topliss-reactive ketones (excluding diaryl/α,β-unsaturated/α-hetero) is 1. The molecule has 2 aromatic carbocycles. The molecular weight excluding hydrogens is 324 g/mol. The van der Waals surface area contributed by atoms with E-state index in [9.17, 15) is 14.7 Å². The minimum Gasteiger partial charge on any atom is -0.494 e. The Morgan fingerprint density at radius 2 is 1.76 bits per heavy atom. The largest absolute Gasteiger partial charge is 0.494 e. The summed E-state index contributed by atoms with van der Waals surface area (Å²) in [6.45, 7) is 0. The van der Waals surface area contributed by atoms with Crippen LogP contribution in [-0.4, -0.2) is 36.0 Å². The number of amides is 1. The van der Waals surface area contributed by atoms with Gasteiger partial charge in [0.25, 0.3) is 11.7 Å². The number of hydrogen-bond acceptors (Lipinski definition) is 5. The summed E-state index contributed by atoms with van der Waals surface area (Å²) >= 11 is 0. The molecule has 3 N–H and O–H groups in total. The second-order valence-corrected chi connectivity index (χ2v) is 5.25. The lowest BCUT2D eigenvalue weighted by atomic mass is 10.1. The van der Waals surface area contributed by atoms with Gasteiger partial charge in [0.05, 0.1) is 19.8 Å². The monoisotopic (exact) mass is 340 g/mol. The number of anilines is 1. The molecule has 128 valence electrons. The highest BCUT2D eigenvalue weighted by Crippen LogP contribution is 2.31. The first-order valence-electron chi connectivity index (χ1n) is 7.42. The quantitative estimate of drug-likeness (QED) is 0.490. The molecular formula is C18H16N2O5. The van der Waals surface area contributed by atoms with Gasteiger partial charge in [0, 0.05) is 22.7 Å². The molecule has 0 saturated heterocycles. The Morgan fingerprint density at radius 3 is 2.48 bits per heavy atom. The highest BCUT2D eigenvalue weighted by molar-refractivity contribution is 6.49. The van der Waals surface area contributed by atoms with Crippen molar-refractivity contribution in [3.8, 4) is 17.4 Å². The number of carbonyl (C=O) groups excluding carboxylic acids is 2. The molecule has 25 heavy (non-hydrogen) atoms. The van der Waals surface area contributed by atoms with Crippen LogP contribution in [0.1, 0.15) is 10.4 Å². The van der Waals surface area contributed by atoms with Gasteiger partial charge >= 0.3 is 0 Å². The van der Waals surface area contributed by atoms with Crippen LogP contribution in [0.5, 0.6) is 17.4 Å². The van der Waals surface area contributed by atoms with E-state index < -0.39 is 11.7 Å². The van der Waals surface area contributed by atoms with Crippen molar-refractivity contribution in [1.82, 2.24) is 4.98 Å². The van der Waals surface area contributed by atoms with Gasteiger partial charge in [-0.2, -0.15) is 0 Å². The van der Waals surface area contributed by atoms with Gasteiger partial charge in [0.1, 0.15) is 0 Å². The normalized spacial score (nSPS) is 10.5. The lowest BCUT2D eigenvalue weighted by Gasteiger charge is -2.10. The van der Waals surface area contributed by atoms with Gasteiger partial charge in [-0.05, 0) is 18.2 Å². The molecule has 0 aliphatic rings. The SMILES string of the molecule is COc1ccc(NC(=O)C(=O)c2c(O)[nH]c3ccccc23)cc1OC. The number of aromatic hydroxyl groups is 1. The van der Waals surface area contributed by atoms with Crippen LogP contribution < -0.4 is 14.8 Å².